The molecule has 8 heteroatoms. The Morgan fingerprint density at radius 1 is 1.00 bits per heavy atom. The second kappa shape index (κ2) is 3.35. The maximum atomic E-state index is 12.2. The molecule has 0 saturated carbocycles. The van der Waals surface area contributed by atoms with Crippen LogP contribution >= 0.6 is 0 Å². The fourth-order valence-electron chi connectivity index (χ4n) is 1.03. The Bertz CT molecular complexity index is 336. The van der Waals surface area contributed by atoms with Crippen LogP contribution in [-0.2, 0) is 6.18 Å². The van der Waals surface area contributed by atoms with Gasteiger partial charge in [-0.15, -0.1) is 5.46 Å². The molecule has 1 aromatic rings. The van der Waals surface area contributed by atoms with E-state index in [1.165, 1.54) is 0 Å². The minimum absolute atomic E-state index is 0.0519. The van der Waals surface area contributed by atoms with E-state index in [-0.39, 0.29) is 6.07 Å². The molecule has 2 N–H and O–H groups in total. The Hall–Kier alpha value is -1.34. The van der Waals surface area contributed by atoms with Gasteiger partial charge in [0.15, 0.2) is 0 Å². The molecule has 0 fully saturated rings. The van der Waals surface area contributed by atoms with Crippen LogP contribution in [0.2, 0.25) is 0 Å². The molecule has 0 bridgehead atoms. The van der Waals surface area contributed by atoms with Crippen molar-refractivity contribution in [2.75, 3.05) is 5.73 Å². The molecule has 15 heavy (non-hydrogen) atoms. The van der Waals surface area contributed by atoms with Gasteiger partial charge in [0.1, 0.15) is 0 Å². The molecular formula is C7H5BF6N-. The average Bonchev–Trinajstić information content (AvgIpc) is 1.99. The second-order valence-corrected chi connectivity index (χ2v) is 2.96. The third kappa shape index (κ3) is 2.80. The molecule has 0 saturated heterocycles. The van der Waals surface area contributed by atoms with Gasteiger partial charge < -0.3 is 18.7 Å². The molecule has 0 spiro atoms. The summed E-state index contributed by atoms with van der Waals surface area (Å²) in [5.74, 6) is 0. The number of hydrogen-bond acceptors (Lipinski definition) is 1. The summed E-state index contributed by atoms with van der Waals surface area (Å²) in [6.45, 7) is -5.48. The zero-order valence-electron chi connectivity index (χ0n) is 7.15. The SMILES string of the molecule is Nc1cc([B-](F)(F)F)cc(C(F)(F)F)c1. The molecule has 1 rings (SSSR count). The van der Waals surface area contributed by atoms with Crippen molar-refractivity contribution in [1.82, 2.24) is 0 Å². The number of nitrogen functional groups attached to an aromatic ring is 1. The van der Waals surface area contributed by atoms with E-state index in [2.05, 4.69) is 0 Å². The van der Waals surface area contributed by atoms with Gasteiger partial charge in [-0.3, -0.25) is 0 Å². The summed E-state index contributed by atoms with van der Waals surface area (Å²) in [5.41, 5.74) is 1.67. The molecule has 0 heterocycles. The van der Waals surface area contributed by atoms with Crippen molar-refractivity contribution in [3.63, 3.8) is 0 Å². The molecule has 0 aromatic heterocycles. The zero-order valence-corrected chi connectivity index (χ0v) is 7.15. The number of hydrogen-bond donors (Lipinski definition) is 1. The van der Waals surface area contributed by atoms with Crippen LogP contribution in [0.4, 0.5) is 31.8 Å². The number of halogens is 6. The van der Waals surface area contributed by atoms with Gasteiger partial charge in [-0.25, -0.2) is 0 Å². The van der Waals surface area contributed by atoms with Crippen LogP contribution in [-0.4, -0.2) is 6.98 Å². The van der Waals surface area contributed by atoms with Gasteiger partial charge in [-0.1, -0.05) is 12.1 Å². The summed E-state index contributed by atoms with van der Waals surface area (Å²) in [6.07, 6.45) is -4.83. The lowest BCUT2D eigenvalue weighted by Gasteiger charge is -2.17. The maximum Gasteiger partial charge on any atom is 0.509 e. The Morgan fingerprint density at radius 2 is 1.53 bits per heavy atom. The monoisotopic (exact) mass is 228 g/mol. The van der Waals surface area contributed by atoms with E-state index in [1.807, 2.05) is 0 Å². The van der Waals surface area contributed by atoms with Crippen LogP contribution in [0.1, 0.15) is 5.56 Å². The van der Waals surface area contributed by atoms with Crippen LogP contribution in [0, 0.1) is 0 Å². The minimum atomic E-state index is -5.48. The smallest absolute Gasteiger partial charge is 0.445 e. The van der Waals surface area contributed by atoms with Gasteiger partial charge in [-0.2, -0.15) is 13.2 Å². The summed E-state index contributed by atoms with van der Waals surface area (Å²) in [4.78, 5) is 0. The van der Waals surface area contributed by atoms with Crippen molar-refractivity contribution in [2.24, 2.45) is 0 Å². The Kier molecular flexibility index (Phi) is 2.63. The molecule has 0 aliphatic carbocycles. The molecule has 0 atom stereocenters. The van der Waals surface area contributed by atoms with E-state index in [1.54, 1.807) is 0 Å². The number of anilines is 1. The quantitative estimate of drug-likeness (QED) is 0.445. The molecule has 0 aliphatic rings. The Labute approximate surface area is 80.9 Å². The molecule has 0 unspecified atom stereocenters. The highest BCUT2D eigenvalue weighted by molar-refractivity contribution is 6.73. The van der Waals surface area contributed by atoms with E-state index in [9.17, 15) is 26.1 Å². The summed E-state index contributed by atoms with van der Waals surface area (Å²) in [6, 6.07) is 0.997. The standard InChI is InChI=1S/C7H5BF6N/c9-7(10,11)4-1-5(8(12,13)14)3-6(15)2-4/h1-3H,15H2/q-1. The maximum absolute atomic E-state index is 12.2. The molecular weight excluding hydrogens is 223 g/mol. The number of alkyl halides is 3. The van der Waals surface area contributed by atoms with Crippen molar-refractivity contribution < 1.29 is 26.1 Å². The summed E-state index contributed by atoms with van der Waals surface area (Å²) >= 11 is 0. The van der Waals surface area contributed by atoms with Gasteiger partial charge in [-0.05, 0) is 6.07 Å². The number of benzene rings is 1. The Morgan fingerprint density at radius 3 is 1.93 bits per heavy atom. The van der Waals surface area contributed by atoms with Gasteiger partial charge in [0.25, 0.3) is 0 Å². The van der Waals surface area contributed by atoms with Crippen molar-refractivity contribution in [2.45, 2.75) is 6.18 Å². The van der Waals surface area contributed by atoms with E-state index in [4.69, 9.17) is 5.73 Å². The largest absolute Gasteiger partial charge is 0.509 e. The summed E-state index contributed by atoms with van der Waals surface area (Å²) < 4.78 is 72.9. The fourth-order valence-corrected chi connectivity index (χ4v) is 1.03. The first-order valence-electron chi connectivity index (χ1n) is 3.78. The van der Waals surface area contributed by atoms with Gasteiger partial charge in [0.05, 0.1) is 5.56 Å². The van der Waals surface area contributed by atoms with Gasteiger partial charge in [0.2, 0.25) is 0 Å². The fraction of sp³-hybridized carbons (Fsp3) is 0.143. The lowest BCUT2D eigenvalue weighted by molar-refractivity contribution is -0.137. The molecule has 1 nitrogen and oxygen atoms in total. The first kappa shape index (κ1) is 11.7. The highest BCUT2D eigenvalue weighted by atomic mass is 19.4. The van der Waals surface area contributed by atoms with E-state index >= 15 is 0 Å². The number of rotatable bonds is 1. The number of nitrogens with two attached hydrogens (primary N) is 1. The topological polar surface area (TPSA) is 26.0 Å². The third-order valence-electron chi connectivity index (χ3n) is 1.68. The van der Waals surface area contributed by atoms with Crippen molar-refractivity contribution in [3.8, 4) is 0 Å². The van der Waals surface area contributed by atoms with Crippen LogP contribution in [0.3, 0.4) is 0 Å². The van der Waals surface area contributed by atoms with Crippen LogP contribution in [0.25, 0.3) is 0 Å². The van der Waals surface area contributed by atoms with Crippen molar-refractivity contribution in [1.29, 1.82) is 0 Å². The summed E-state index contributed by atoms with van der Waals surface area (Å²) in [7, 11) is 0. The molecule has 1 aromatic carbocycles. The van der Waals surface area contributed by atoms with Gasteiger partial charge >= 0.3 is 13.2 Å². The average molecular weight is 228 g/mol. The lowest BCUT2D eigenvalue weighted by atomic mass is 9.79. The zero-order chi connectivity index (χ0) is 11.9. The Balaban J connectivity index is 3.30. The van der Waals surface area contributed by atoms with Gasteiger partial charge in [0, 0.05) is 5.69 Å². The molecule has 0 aliphatic heterocycles. The first-order valence-corrected chi connectivity index (χ1v) is 3.78. The van der Waals surface area contributed by atoms with Crippen LogP contribution < -0.4 is 11.2 Å². The normalized spacial score (nSPS) is 12.9. The van der Waals surface area contributed by atoms with Crippen molar-refractivity contribution >= 4 is 18.1 Å². The highest BCUT2D eigenvalue weighted by Crippen LogP contribution is 2.30. The van der Waals surface area contributed by atoms with E-state index in [0.29, 0.717) is 12.1 Å². The van der Waals surface area contributed by atoms with Crippen LogP contribution in [0.5, 0.6) is 0 Å². The van der Waals surface area contributed by atoms with E-state index < -0.39 is 29.9 Å². The van der Waals surface area contributed by atoms with Crippen LogP contribution in [0.15, 0.2) is 18.2 Å². The van der Waals surface area contributed by atoms with E-state index in [0.717, 1.165) is 0 Å². The third-order valence-corrected chi connectivity index (χ3v) is 1.68. The second-order valence-electron chi connectivity index (χ2n) is 2.96. The first-order chi connectivity index (χ1) is 6.60. The predicted molar refractivity (Wildman–Crippen MR) is 44.6 cm³/mol. The highest BCUT2D eigenvalue weighted by Gasteiger charge is 2.34. The molecule has 84 valence electrons. The summed E-state index contributed by atoms with van der Waals surface area (Å²) in [5, 5.41) is 0. The molecule has 0 radical (unpaired) electrons. The molecule has 0 amide bonds. The lowest BCUT2D eigenvalue weighted by Crippen LogP contribution is -2.35. The predicted octanol–water partition coefficient (Wildman–Crippen LogP) is 2.34. The minimum Gasteiger partial charge on any atom is -0.445 e. The van der Waals surface area contributed by atoms with Crippen molar-refractivity contribution in [3.05, 3.63) is 23.8 Å².